The van der Waals surface area contributed by atoms with Crippen LogP contribution in [0.15, 0.2) is 12.3 Å². The summed E-state index contributed by atoms with van der Waals surface area (Å²) in [5.74, 6) is 0. The van der Waals surface area contributed by atoms with Crippen LogP contribution in [0.2, 0.25) is 0 Å². The van der Waals surface area contributed by atoms with Gasteiger partial charge in [0.2, 0.25) is 0 Å². The molecule has 3 heteroatoms. The van der Waals surface area contributed by atoms with E-state index in [9.17, 15) is 0 Å². The van der Waals surface area contributed by atoms with Gasteiger partial charge in [-0.2, -0.15) is 5.10 Å². The third-order valence-electron chi connectivity index (χ3n) is 3.23. The van der Waals surface area contributed by atoms with Gasteiger partial charge in [0.1, 0.15) is 0 Å². The van der Waals surface area contributed by atoms with Crippen LogP contribution in [0.5, 0.6) is 0 Å². The zero-order chi connectivity index (χ0) is 9.71. The van der Waals surface area contributed by atoms with Gasteiger partial charge in [0.15, 0.2) is 0 Å². The molecule has 0 amide bonds. The lowest BCUT2D eigenvalue weighted by Crippen LogP contribution is -2.02. The molecule has 2 aromatic heterocycles. The lowest BCUT2D eigenvalue weighted by atomic mass is 10.0. The van der Waals surface area contributed by atoms with E-state index in [4.69, 9.17) is 0 Å². The molecule has 0 atom stereocenters. The van der Waals surface area contributed by atoms with Crippen molar-refractivity contribution in [3.05, 3.63) is 34.6 Å². The van der Waals surface area contributed by atoms with Crippen molar-refractivity contribution in [2.24, 2.45) is 0 Å². The molecule has 0 saturated carbocycles. The molecule has 0 saturated heterocycles. The van der Waals surface area contributed by atoms with Crippen molar-refractivity contribution >= 4 is 5.52 Å². The van der Waals surface area contributed by atoms with Gasteiger partial charge in [-0.3, -0.25) is 0 Å². The number of aromatic nitrogens is 2. The molecular formula is C11H13N3. The van der Waals surface area contributed by atoms with Crippen LogP contribution in [0.25, 0.3) is 5.52 Å². The first-order chi connectivity index (χ1) is 6.79. The number of hydrogen-bond acceptors (Lipinski definition) is 2. The molecule has 0 fully saturated rings. The molecule has 3 heterocycles. The zero-order valence-electron chi connectivity index (χ0n) is 8.46. The minimum absolute atomic E-state index is 0.978. The second kappa shape index (κ2) is 2.58. The standard InChI is InChI=1S/C11H13N3/c1-7-8(2)14-11(3-4-13-14)10-6-12-5-9(7)10/h3-4,12H,5-6H2,1-2H3. The molecule has 3 nitrogen and oxygen atoms in total. The van der Waals surface area contributed by atoms with Crippen molar-refractivity contribution in [1.82, 2.24) is 14.9 Å². The van der Waals surface area contributed by atoms with Crippen LogP contribution in [-0.2, 0) is 13.1 Å². The predicted octanol–water partition coefficient (Wildman–Crippen LogP) is 1.55. The smallest absolute Gasteiger partial charge is 0.0713 e. The number of aryl methyl sites for hydroxylation is 1. The minimum Gasteiger partial charge on any atom is -0.309 e. The number of hydrogen-bond donors (Lipinski definition) is 1. The number of rotatable bonds is 0. The summed E-state index contributed by atoms with van der Waals surface area (Å²) >= 11 is 0. The highest BCUT2D eigenvalue weighted by molar-refractivity contribution is 5.61. The van der Waals surface area contributed by atoms with E-state index in [1.807, 2.05) is 10.7 Å². The Morgan fingerprint density at radius 2 is 2.07 bits per heavy atom. The van der Waals surface area contributed by atoms with E-state index in [1.54, 1.807) is 0 Å². The quantitative estimate of drug-likeness (QED) is 0.678. The first-order valence-corrected chi connectivity index (χ1v) is 4.94. The van der Waals surface area contributed by atoms with Gasteiger partial charge < -0.3 is 5.32 Å². The molecule has 72 valence electrons. The van der Waals surface area contributed by atoms with E-state index in [0.717, 1.165) is 13.1 Å². The molecule has 1 N–H and O–H groups in total. The fourth-order valence-electron chi connectivity index (χ4n) is 2.31. The van der Waals surface area contributed by atoms with Crippen molar-refractivity contribution in [2.45, 2.75) is 26.9 Å². The van der Waals surface area contributed by atoms with Crippen molar-refractivity contribution in [3.8, 4) is 0 Å². The zero-order valence-corrected chi connectivity index (χ0v) is 8.46. The molecule has 0 aromatic carbocycles. The summed E-state index contributed by atoms with van der Waals surface area (Å²) in [4.78, 5) is 0. The molecule has 14 heavy (non-hydrogen) atoms. The van der Waals surface area contributed by atoms with Crippen LogP contribution >= 0.6 is 0 Å². The number of fused-ring (bicyclic) bond motifs is 3. The first-order valence-electron chi connectivity index (χ1n) is 4.94. The largest absolute Gasteiger partial charge is 0.309 e. The van der Waals surface area contributed by atoms with Crippen LogP contribution in [0.1, 0.15) is 22.4 Å². The van der Waals surface area contributed by atoms with Crippen LogP contribution in [-0.4, -0.2) is 9.61 Å². The van der Waals surface area contributed by atoms with E-state index < -0.39 is 0 Å². The molecule has 0 aliphatic carbocycles. The summed E-state index contributed by atoms with van der Waals surface area (Å²) in [7, 11) is 0. The SMILES string of the molecule is Cc1c2c(c3ccnn3c1C)CNC2. The van der Waals surface area contributed by atoms with E-state index in [-0.39, 0.29) is 0 Å². The van der Waals surface area contributed by atoms with Crippen molar-refractivity contribution < 1.29 is 0 Å². The molecule has 3 rings (SSSR count). The first kappa shape index (κ1) is 8.00. The third kappa shape index (κ3) is 0.826. The average molecular weight is 187 g/mol. The van der Waals surface area contributed by atoms with Gasteiger partial charge in [-0.25, -0.2) is 4.52 Å². The Hall–Kier alpha value is -1.35. The summed E-state index contributed by atoms with van der Waals surface area (Å²) < 4.78 is 2.04. The number of pyridine rings is 1. The second-order valence-electron chi connectivity index (χ2n) is 3.90. The van der Waals surface area contributed by atoms with Crippen LogP contribution in [0, 0.1) is 13.8 Å². The third-order valence-corrected chi connectivity index (χ3v) is 3.23. The van der Waals surface area contributed by atoms with Crippen molar-refractivity contribution in [3.63, 3.8) is 0 Å². The van der Waals surface area contributed by atoms with Gasteiger partial charge in [0.25, 0.3) is 0 Å². The summed E-state index contributed by atoms with van der Waals surface area (Å²) in [6, 6.07) is 2.10. The Morgan fingerprint density at radius 1 is 1.29 bits per heavy atom. The average Bonchev–Trinajstić information content (AvgIpc) is 2.80. The molecule has 2 aromatic rings. The van der Waals surface area contributed by atoms with Crippen LogP contribution in [0.4, 0.5) is 0 Å². The van der Waals surface area contributed by atoms with Gasteiger partial charge in [-0.15, -0.1) is 0 Å². The fourth-order valence-corrected chi connectivity index (χ4v) is 2.31. The highest BCUT2D eigenvalue weighted by atomic mass is 15.2. The van der Waals surface area contributed by atoms with E-state index in [0.29, 0.717) is 0 Å². The second-order valence-corrected chi connectivity index (χ2v) is 3.90. The summed E-state index contributed by atoms with van der Waals surface area (Å²) in [6.07, 6.45) is 1.88. The fraction of sp³-hybridized carbons (Fsp3) is 0.364. The summed E-state index contributed by atoms with van der Waals surface area (Å²) in [5.41, 5.74) is 6.78. The summed E-state index contributed by atoms with van der Waals surface area (Å²) in [5, 5.41) is 7.74. The Balaban J connectivity index is 2.52. The normalized spacial score (nSPS) is 15.0. The Kier molecular flexibility index (Phi) is 1.47. The van der Waals surface area contributed by atoms with E-state index in [1.165, 1.54) is 27.9 Å². The van der Waals surface area contributed by atoms with Gasteiger partial charge >= 0.3 is 0 Å². The maximum Gasteiger partial charge on any atom is 0.0713 e. The molecule has 0 bridgehead atoms. The molecule has 0 unspecified atom stereocenters. The topological polar surface area (TPSA) is 29.3 Å². The van der Waals surface area contributed by atoms with E-state index in [2.05, 4.69) is 30.3 Å². The highest BCUT2D eigenvalue weighted by Gasteiger charge is 2.18. The van der Waals surface area contributed by atoms with Crippen LogP contribution in [0.3, 0.4) is 0 Å². The van der Waals surface area contributed by atoms with Gasteiger partial charge in [0.05, 0.1) is 5.52 Å². The summed E-state index contributed by atoms with van der Waals surface area (Å²) in [6.45, 7) is 6.30. The predicted molar refractivity (Wildman–Crippen MR) is 55.2 cm³/mol. The van der Waals surface area contributed by atoms with Gasteiger partial charge in [-0.1, -0.05) is 0 Å². The maximum absolute atomic E-state index is 4.35. The lowest BCUT2D eigenvalue weighted by Gasteiger charge is -2.10. The Morgan fingerprint density at radius 3 is 2.93 bits per heavy atom. The van der Waals surface area contributed by atoms with E-state index >= 15 is 0 Å². The molecule has 1 aliphatic rings. The minimum atomic E-state index is 0.978. The number of nitrogens with one attached hydrogen (secondary N) is 1. The van der Waals surface area contributed by atoms with Gasteiger partial charge in [-0.05, 0) is 36.6 Å². The van der Waals surface area contributed by atoms with Gasteiger partial charge in [0, 0.05) is 25.0 Å². The molecule has 1 aliphatic heterocycles. The molecule has 0 radical (unpaired) electrons. The Labute approximate surface area is 82.7 Å². The molecular weight excluding hydrogens is 174 g/mol. The highest BCUT2D eigenvalue weighted by Crippen LogP contribution is 2.26. The lowest BCUT2D eigenvalue weighted by molar-refractivity contribution is 0.764. The van der Waals surface area contributed by atoms with Crippen molar-refractivity contribution in [2.75, 3.05) is 0 Å². The molecule has 0 spiro atoms. The Bertz CT molecular complexity index is 511. The number of nitrogens with zero attached hydrogens (tertiary/aromatic N) is 2. The van der Waals surface area contributed by atoms with Crippen molar-refractivity contribution in [1.29, 1.82) is 0 Å². The van der Waals surface area contributed by atoms with Crippen LogP contribution < -0.4 is 5.32 Å². The maximum atomic E-state index is 4.35. The monoisotopic (exact) mass is 187 g/mol.